The van der Waals surface area contributed by atoms with E-state index >= 15 is 0 Å². The molecule has 0 saturated carbocycles. The lowest BCUT2D eigenvalue weighted by Crippen LogP contribution is -2.09. The summed E-state index contributed by atoms with van der Waals surface area (Å²) in [5.74, 6) is 1.33. The van der Waals surface area contributed by atoms with Crippen LogP contribution in [-0.4, -0.2) is 22.5 Å². The summed E-state index contributed by atoms with van der Waals surface area (Å²) in [6.07, 6.45) is 15.4. The Morgan fingerprint density at radius 2 is 1.70 bits per heavy atom. The predicted octanol–water partition coefficient (Wildman–Crippen LogP) is 8.25. The maximum Gasteiger partial charge on any atom is 0.344 e. The van der Waals surface area contributed by atoms with Crippen LogP contribution in [0, 0.1) is 5.92 Å². The van der Waals surface area contributed by atoms with Crippen LogP contribution in [0.15, 0.2) is 73.6 Å². The molecule has 1 aromatic heterocycles. The first-order valence-electron chi connectivity index (χ1n) is 13.6. The van der Waals surface area contributed by atoms with E-state index in [1.807, 2.05) is 54.6 Å². The molecule has 0 N–H and O–H groups in total. The molecule has 0 fully saturated rings. The van der Waals surface area contributed by atoms with Crippen molar-refractivity contribution in [3.05, 3.63) is 84.7 Å². The van der Waals surface area contributed by atoms with Gasteiger partial charge in [-0.1, -0.05) is 51.3 Å². The van der Waals surface area contributed by atoms with Crippen molar-refractivity contribution in [3.8, 4) is 22.9 Å². The molecule has 5 nitrogen and oxygen atoms in total. The molecule has 3 rings (SSSR count). The number of hydrogen-bond acceptors (Lipinski definition) is 5. The molecule has 0 radical (unpaired) electrons. The molecule has 1 atom stereocenters. The second-order valence-electron chi connectivity index (χ2n) is 9.60. The van der Waals surface area contributed by atoms with E-state index in [0.29, 0.717) is 11.3 Å². The molecule has 3 aromatic rings. The van der Waals surface area contributed by atoms with Gasteiger partial charge in [0.15, 0.2) is 0 Å². The van der Waals surface area contributed by atoms with Crippen LogP contribution in [0.2, 0.25) is 0 Å². The van der Waals surface area contributed by atoms with Gasteiger partial charge in [-0.3, -0.25) is 0 Å². The molecule has 0 aliphatic carbocycles. The molecule has 0 aliphatic rings. The number of ether oxygens (including phenoxy) is 2. The molecule has 0 spiro atoms. The molecular formula is C32H40N2O3. The lowest BCUT2D eigenvalue weighted by Gasteiger charge is -2.10. The van der Waals surface area contributed by atoms with Gasteiger partial charge in [0.25, 0.3) is 0 Å². The Balaban J connectivity index is 1.44. The highest BCUT2D eigenvalue weighted by Gasteiger charge is 2.11. The maximum absolute atomic E-state index is 12.5. The Morgan fingerprint density at radius 1 is 0.946 bits per heavy atom. The summed E-state index contributed by atoms with van der Waals surface area (Å²) in [5, 5.41) is 0. The standard InChI is InChI=1S/C32H40N2O3/c1-4-6-7-8-9-10-13-26-14-16-28(17-15-26)32(35)37-31-24-33-30(23-34-31)27-18-20-29(21-19-27)36-22-11-12-25(3)5-2/h4,14-21,23-25H,1,5-13,22H2,2-3H3. The highest BCUT2D eigenvalue weighted by Crippen LogP contribution is 2.22. The summed E-state index contributed by atoms with van der Waals surface area (Å²) in [6.45, 7) is 8.98. The van der Waals surface area contributed by atoms with Gasteiger partial charge < -0.3 is 9.47 Å². The van der Waals surface area contributed by atoms with Crippen LogP contribution >= 0.6 is 0 Å². The molecule has 2 aromatic carbocycles. The van der Waals surface area contributed by atoms with Gasteiger partial charge in [0.05, 0.1) is 30.3 Å². The van der Waals surface area contributed by atoms with Gasteiger partial charge in [-0.2, -0.15) is 0 Å². The quantitative estimate of drug-likeness (QED) is 0.113. The molecule has 0 aliphatic heterocycles. The van der Waals surface area contributed by atoms with E-state index < -0.39 is 5.97 Å². The largest absolute Gasteiger partial charge is 0.494 e. The molecular weight excluding hydrogens is 460 g/mol. The third kappa shape index (κ3) is 9.83. The van der Waals surface area contributed by atoms with E-state index in [1.165, 1.54) is 43.9 Å². The number of allylic oxidation sites excluding steroid dienone is 1. The Kier molecular flexibility index (Phi) is 11.9. The van der Waals surface area contributed by atoms with Crippen molar-refractivity contribution in [1.82, 2.24) is 9.97 Å². The normalized spacial score (nSPS) is 11.6. The number of rotatable bonds is 16. The zero-order valence-electron chi connectivity index (χ0n) is 22.3. The van der Waals surface area contributed by atoms with E-state index in [2.05, 4.69) is 30.4 Å². The van der Waals surface area contributed by atoms with Crippen LogP contribution < -0.4 is 9.47 Å². The minimum atomic E-state index is -0.437. The molecule has 196 valence electrons. The number of hydrogen-bond donors (Lipinski definition) is 0. The number of aryl methyl sites for hydroxylation is 1. The smallest absolute Gasteiger partial charge is 0.344 e. The highest BCUT2D eigenvalue weighted by atomic mass is 16.5. The first kappa shape index (κ1) is 28.1. The fourth-order valence-electron chi connectivity index (χ4n) is 4.00. The van der Waals surface area contributed by atoms with Crippen LogP contribution in [0.1, 0.15) is 81.1 Å². The molecule has 0 saturated heterocycles. The third-order valence-electron chi connectivity index (χ3n) is 6.60. The van der Waals surface area contributed by atoms with E-state index in [4.69, 9.17) is 9.47 Å². The van der Waals surface area contributed by atoms with Crippen molar-refractivity contribution in [1.29, 1.82) is 0 Å². The minimum Gasteiger partial charge on any atom is -0.494 e. The van der Waals surface area contributed by atoms with Crippen LogP contribution in [-0.2, 0) is 6.42 Å². The number of carbonyl (C=O) groups is 1. The Bertz CT molecular complexity index is 1080. The van der Waals surface area contributed by atoms with Crippen molar-refractivity contribution in [2.24, 2.45) is 5.92 Å². The van der Waals surface area contributed by atoms with Crippen LogP contribution in [0.25, 0.3) is 11.3 Å². The summed E-state index contributed by atoms with van der Waals surface area (Å²) >= 11 is 0. The molecule has 1 unspecified atom stereocenters. The molecule has 0 amide bonds. The zero-order valence-corrected chi connectivity index (χ0v) is 22.3. The number of nitrogens with zero attached hydrogens (tertiary/aromatic N) is 2. The lowest BCUT2D eigenvalue weighted by molar-refractivity contribution is 0.0727. The second-order valence-corrected chi connectivity index (χ2v) is 9.60. The van der Waals surface area contributed by atoms with Gasteiger partial charge in [-0.05, 0) is 86.4 Å². The second kappa shape index (κ2) is 15.6. The van der Waals surface area contributed by atoms with Crippen molar-refractivity contribution in [2.75, 3.05) is 6.61 Å². The maximum atomic E-state index is 12.5. The fraction of sp³-hybridized carbons (Fsp3) is 0.406. The average molecular weight is 501 g/mol. The Morgan fingerprint density at radius 3 is 2.38 bits per heavy atom. The SMILES string of the molecule is C=CCCCCCCc1ccc(C(=O)Oc2cnc(-c3ccc(OCCCC(C)CC)cc3)cn2)cc1. The summed E-state index contributed by atoms with van der Waals surface area (Å²) in [7, 11) is 0. The summed E-state index contributed by atoms with van der Waals surface area (Å²) in [4.78, 5) is 21.2. The monoisotopic (exact) mass is 500 g/mol. The third-order valence-corrected chi connectivity index (χ3v) is 6.60. The van der Waals surface area contributed by atoms with Gasteiger partial charge >= 0.3 is 5.97 Å². The highest BCUT2D eigenvalue weighted by molar-refractivity contribution is 5.90. The first-order chi connectivity index (χ1) is 18.1. The number of esters is 1. The Labute approximate surface area is 222 Å². The van der Waals surface area contributed by atoms with E-state index in [0.717, 1.165) is 49.5 Å². The van der Waals surface area contributed by atoms with Gasteiger partial charge in [-0.15, -0.1) is 6.58 Å². The number of carbonyl (C=O) groups excluding carboxylic acids is 1. The van der Waals surface area contributed by atoms with Crippen molar-refractivity contribution < 1.29 is 14.3 Å². The first-order valence-corrected chi connectivity index (χ1v) is 13.6. The topological polar surface area (TPSA) is 61.3 Å². The summed E-state index contributed by atoms with van der Waals surface area (Å²) < 4.78 is 11.3. The van der Waals surface area contributed by atoms with Crippen molar-refractivity contribution in [2.45, 2.75) is 71.6 Å². The van der Waals surface area contributed by atoms with Gasteiger partial charge in [0, 0.05) is 5.56 Å². The number of benzene rings is 2. The fourth-order valence-corrected chi connectivity index (χ4v) is 4.00. The number of unbranched alkanes of at least 4 members (excludes halogenated alkanes) is 4. The summed E-state index contributed by atoms with van der Waals surface area (Å²) in [5.41, 5.74) is 3.36. The van der Waals surface area contributed by atoms with Gasteiger partial charge in [0.1, 0.15) is 5.75 Å². The van der Waals surface area contributed by atoms with Crippen molar-refractivity contribution in [3.63, 3.8) is 0 Å². The molecule has 0 bridgehead atoms. The van der Waals surface area contributed by atoms with Crippen molar-refractivity contribution >= 4 is 5.97 Å². The zero-order chi connectivity index (χ0) is 26.3. The van der Waals surface area contributed by atoms with Crippen LogP contribution in [0.5, 0.6) is 11.6 Å². The lowest BCUT2D eigenvalue weighted by atomic mass is 10.0. The van der Waals surface area contributed by atoms with Gasteiger partial charge in [-0.25, -0.2) is 14.8 Å². The summed E-state index contributed by atoms with van der Waals surface area (Å²) in [6, 6.07) is 15.4. The Hall–Kier alpha value is -3.47. The predicted molar refractivity (Wildman–Crippen MR) is 150 cm³/mol. The number of aromatic nitrogens is 2. The average Bonchev–Trinajstić information content (AvgIpc) is 2.94. The van der Waals surface area contributed by atoms with Crippen LogP contribution in [0.4, 0.5) is 0 Å². The van der Waals surface area contributed by atoms with E-state index in [1.54, 1.807) is 6.20 Å². The van der Waals surface area contributed by atoms with E-state index in [9.17, 15) is 4.79 Å². The van der Waals surface area contributed by atoms with Crippen LogP contribution in [0.3, 0.4) is 0 Å². The molecule has 37 heavy (non-hydrogen) atoms. The van der Waals surface area contributed by atoms with E-state index in [-0.39, 0.29) is 5.88 Å². The van der Waals surface area contributed by atoms with Gasteiger partial charge in [0.2, 0.25) is 5.88 Å². The molecule has 5 heteroatoms. The minimum absolute atomic E-state index is 0.179. The molecule has 1 heterocycles.